The van der Waals surface area contributed by atoms with Crippen molar-refractivity contribution in [3.8, 4) is 28.4 Å². The van der Waals surface area contributed by atoms with Gasteiger partial charge in [0.05, 0.1) is 30.3 Å². The van der Waals surface area contributed by atoms with Gasteiger partial charge in [0.15, 0.2) is 0 Å². The van der Waals surface area contributed by atoms with Crippen LogP contribution in [-0.4, -0.2) is 36.2 Å². The van der Waals surface area contributed by atoms with Gasteiger partial charge in [-0.3, -0.25) is 10.1 Å². The molecule has 31 heavy (non-hydrogen) atoms. The second-order valence-electron chi connectivity index (χ2n) is 6.27. The van der Waals surface area contributed by atoms with Crippen LogP contribution in [0.4, 0.5) is 5.69 Å². The van der Waals surface area contributed by atoms with Crippen LogP contribution in [-0.2, 0) is 0 Å². The average molecular weight is 423 g/mol. The number of nitro groups is 1. The highest BCUT2D eigenvalue weighted by Crippen LogP contribution is 2.32. The van der Waals surface area contributed by atoms with Crippen LogP contribution in [0.25, 0.3) is 11.1 Å². The molecule has 0 aliphatic carbocycles. The summed E-state index contributed by atoms with van der Waals surface area (Å²) in [5.41, 5.74) is 1.06. The predicted octanol–water partition coefficient (Wildman–Crippen LogP) is 4.20. The van der Waals surface area contributed by atoms with E-state index in [-0.39, 0.29) is 28.3 Å². The fraction of sp³-hybridized carbons (Fsp3) is 0.0909. The number of carbonyl (C=O) groups excluding carboxylic acids is 1. The van der Waals surface area contributed by atoms with E-state index in [1.165, 1.54) is 50.6 Å². The van der Waals surface area contributed by atoms with E-state index in [0.29, 0.717) is 16.9 Å². The fourth-order valence-corrected chi connectivity index (χ4v) is 2.90. The van der Waals surface area contributed by atoms with Crippen molar-refractivity contribution in [2.45, 2.75) is 0 Å². The number of ether oxygens (including phenoxy) is 3. The topological polar surface area (TPSA) is 125 Å². The average Bonchev–Trinajstić information content (AvgIpc) is 2.78. The molecular weight excluding hydrogens is 406 g/mol. The fourth-order valence-electron chi connectivity index (χ4n) is 2.90. The van der Waals surface area contributed by atoms with Gasteiger partial charge in [-0.1, -0.05) is 12.1 Å². The Bertz CT molecular complexity index is 1150. The molecule has 3 aromatic carbocycles. The number of hydrogen-bond donors (Lipinski definition) is 1. The highest BCUT2D eigenvalue weighted by atomic mass is 16.6. The van der Waals surface area contributed by atoms with Crippen LogP contribution in [0.15, 0.2) is 60.7 Å². The smallest absolute Gasteiger partial charge is 0.343 e. The lowest BCUT2D eigenvalue weighted by atomic mass is 9.98. The van der Waals surface area contributed by atoms with Crippen LogP contribution in [0.2, 0.25) is 0 Å². The zero-order valence-corrected chi connectivity index (χ0v) is 16.5. The second kappa shape index (κ2) is 8.95. The molecule has 0 fully saturated rings. The first kappa shape index (κ1) is 21.3. The quantitative estimate of drug-likeness (QED) is 0.259. The number of benzene rings is 3. The van der Waals surface area contributed by atoms with Crippen LogP contribution >= 0.6 is 0 Å². The summed E-state index contributed by atoms with van der Waals surface area (Å²) in [5, 5.41) is 20.4. The van der Waals surface area contributed by atoms with E-state index >= 15 is 0 Å². The van der Waals surface area contributed by atoms with Crippen molar-refractivity contribution in [2.75, 3.05) is 14.2 Å². The summed E-state index contributed by atoms with van der Waals surface area (Å²) in [6.07, 6.45) is 0. The van der Waals surface area contributed by atoms with Gasteiger partial charge in [-0.15, -0.1) is 0 Å². The third-order valence-corrected chi connectivity index (χ3v) is 4.45. The van der Waals surface area contributed by atoms with Gasteiger partial charge in [0.25, 0.3) is 0 Å². The van der Waals surface area contributed by atoms with Gasteiger partial charge in [-0.2, -0.15) is 0 Å². The maximum Gasteiger partial charge on any atom is 0.343 e. The van der Waals surface area contributed by atoms with Crippen molar-refractivity contribution in [2.24, 2.45) is 0 Å². The van der Waals surface area contributed by atoms with E-state index in [0.717, 1.165) is 0 Å². The summed E-state index contributed by atoms with van der Waals surface area (Å²) in [5.74, 6) is -1.24. The highest BCUT2D eigenvalue weighted by molar-refractivity contribution is 5.97. The molecule has 9 nitrogen and oxygen atoms in total. The summed E-state index contributed by atoms with van der Waals surface area (Å²) < 4.78 is 15.4. The summed E-state index contributed by atoms with van der Waals surface area (Å²) in [6, 6.07) is 14.5. The van der Waals surface area contributed by atoms with Crippen LogP contribution < -0.4 is 14.2 Å². The van der Waals surface area contributed by atoms with E-state index < -0.39 is 16.9 Å². The molecule has 1 N–H and O–H groups in total. The zero-order chi connectivity index (χ0) is 22.5. The van der Waals surface area contributed by atoms with Crippen LogP contribution in [0.1, 0.15) is 20.7 Å². The normalized spacial score (nSPS) is 10.3. The summed E-state index contributed by atoms with van der Waals surface area (Å²) in [7, 11) is 2.75. The number of nitrogens with zero attached hydrogens (tertiary/aromatic N) is 1. The molecule has 0 unspecified atom stereocenters. The molecular formula is C22H17NO8. The standard InChI is InChI=1S/C22H17NO8/c1-29-15-7-9-17(21(24)25)18(11-15)13-3-5-14(6-4-13)22(26)31-16-8-10-19(23(27)28)20(12-16)30-2/h3-12H,1-2H3,(H,24,25). The number of carboxylic acids is 1. The molecule has 0 aromatic heterocycles. The lowest BCUT2D eigenvalue weighted by Gasteiger charge is -2.10. The number of aromatic carboxylic acids is 1. The van der Waals surface area contributed by atoms with Gasteiger partial charge in [-0.05, 0) is 47.5 Å². The van der Waals surface area contributed by atoms with Gasteiger partial charge in [0.1, 0.15) is 11.5 Å². The van der Waals surface area contributed by atoms with Crippen LogP contribution in [0.5, 0.6) is 17.2 Å². The Morgan fingerprint density at radius 3 is 2.16 bits per heavy atom. The van der Waals surface area contributed by atoms with Crippen LogP contribution in [0.3, 0.4) is 0 Å². The van der Waals surface area contributed by atoms with Crippen molar-refractivity contribution < 1.29 is 33.8 Å². The van der Waals surface area contributed by atoms with Crippen molar-refractivity contribution in [3.63, 3.8) is 0 Å². The molecule has 0 spiro atoms. The third-order valence-electron chi connectivity index (χ3n) is 4.45. The van der Waals surface area contributed by atoms with Gasteiger partial charge in [-0.25, -0.2) is 9.59 Å². The molecule has 0 aliphatic heterocycles. The number of carbonyl (C=O) groups is 2. The SMILES string of the molecule is COc1ccc(C(=O)O)c(-c2ccc(C(=O)Oc3ccc([N+](=O)[O-])c(OC)c3)cc2)c1. The minimum atomic E-state index is -1.09. The van der Waals surface area contributed by atoms with Crippen molar-refractivity contribution in [1.29, 1.82) is 0 Å². The second-order valence-corrected chi connectivity index (χ2v) is 6.27. The van der Waals surface area contributed by atoms with Crippen molar-refractivity contribution >= 4 is 17.6 Å². The molecule has 0 radical (unpaired) electrons. The van der Waals surface area contributed by atoms with Gasteiger partial charge in [0.2, 0.25) is 5.75 Å². The Morgan fingerprint density at radius 1 is 0.903 bits per heavy atom. The Labute approximate surface area is 176 Å². The number of carboxylic acid groups (broad SMARTS) is 1. The maximum absolute atomic E-state index is 12.4. The largest absolute Gasteiger partial charge is 0.497 e. The number of nitro benzene ring substituents is 1. The molecule has 158 valence electrons. The van der Waals surface area contributed by atoms with E-state index in [2.05, 4.69) is 0 Å². The molecule has 0 amide bonds. The Hall–Kier alpha value is -4.40. The van der Waals surface area contributed by atoms with Gasteiger partial charge < -0.3 is 19.3 Å². The molecule has 0 bridgehead atoms. The minimum absolute atomic E-state index is 0.0372. The van der Waals surface area contributed by atoms with Crippen molar-refractivity contribution in [1.82, 2.24) is 0 Å². The Kier molecular flexibility index (Phi) is 6.15. The van der Waals surface area contributed by atoms with Crippen molar-refractivity contribution in [3.05, 3.63) is 81.9 Å². The molecule has 9 heteroatoms. The number of rotatable bonds is 7. The summed E-state index contributed by atoms with van der Waals surface area (Å²) in [4.78, 5) is 34.3. The third kappa shape index (κ3) is 4.61. The summed E-state index contributed by atoms with van der Waals surface area (Å²) in [6.45, 7) is 0. The lowest BCUT2D eigenvalue weighted by molar-refractivity contribution is -0.385. The molecule has 0 saturated heterocycles. The number of hydrogen-bond acceptors (Lipinski definition) is 7. The Morgan fingerprint density at radius 2 is 1.58 bits per heavy atom. The minimum Gasteiger partial charge on any atom is -0.497 e. The van der Waals surface area contributed by atoms with E-state index in [1.807, 2.05) is 0 Å². The molecule has 3 rings (SSSR count). The number of methoxy groups -OCH3 is 2. The molecule has 0 saturated carbocycles. The first-order chi connectivity index (χ1) is 14.8. The van der Waals surface area contributed by atoms with Crippen LogP contribution in [0, 0.1) is 10.1 Å². The lowest BCUT2D eigenvalue weighted by Crippen LogP contribution is -2.08. The zero-order valence-electron chi connectivity index (χ0n) is 16.5. The van der Waals surface area contributed by atoms with E-state index in [9.17, 15) is 24.8 Å². The monoisotopic (exact) mass is 423 g/mol. The molecule has 0 atom stereocenters. The first-order valence-corrected chi connectivity index (χ1v) is 8.90. The predicted molar refractivity (Wildman–Crippen MR) is 110 cm³/mol. The molecule has 0 aliphatic rings. The summed E-state index contributed by atoms with van der Waals surface area (Å²) >= 11 is 0. The molecule has 3 aromatic rings. The van der Waals surface area contributed by atoms with Gasteiger partial charge in [0, 0.05) is 12.1 Å². The molecule has 0 heterocycles. The number of esters is 1. The Balaban J connectivity index is 1.85. The highest BCUT2D eigenvalue weighted by Gasteiger charge is 2.18. The maximum atomic E-state index is 12.4. The van der Waals surface area contributed by atoms with E-state index in [1.54, 1.807) is 24.3 Å². The van der Waals surface area contributed by atoms with E-state index in [4.69, 9.17) is 14.2 Å². The first-order valence-electron chi connectivity index (χ1n) is 8.90. The van der Waals surface area contributed by atoms with Gasteiger partial charge >= 0.3 is 17.6 Å².